The number of aromatic nitrogens is 1. The number of fused-ring (bicyclic) bond motifs is 1. The highest BCUT2D eigenvalue weighted by Crippen LogP contribution is 2.42. The van der Waals surface area contributed by atoms with Crippen molar-refractivity contribution in [3.63, 3.8) is 0 Å². The second-order valence-electron chi connectivity index (χ2n) is 20.6. The Morgan fingerprint density at radius 1 is 0.736 bits per heavy atom. The van der Waals surface area contributed by atoms with Gasteiger partial charge in [0.2, 0.25) is 5.91 Å². The number of nitrogens with one attached hydrogen (secondary N) is 1. The molecule has 3 amide bonds. The molecule has 1 radical (unpaired) electrons. The van der Waals surface area contributed by atoms with Crippen molar-refractivity contribution in [1.82, 2.24) is 14.4 Å². The lowest BCUT2D eigenvalue weighted by Crippen LogP contribution is -2.47. The summed E-state index contributed by atoms with van der Waals surface area (Å²) in [6.45, 7) is 19.3. The molecule has 0 atom stereocenters. The van der Waals surface area contributed by atoms with Gasteiger partial charge >= 0.3 is 15.1 Å². The maximum atomic E-state index is 15.3. The average molecular weight is 993 g/mol. The predicted octanol–water partition coefficient (Wildman–Crippen LogP) is 9.77. The number of ether oxygens (including phenoxy) is 3. The molecule has 1 fully saturated rings. The van der Waals surface area contributed by atoms with Gasteiger partial charge in [0.1, 0.15) is 22.8 Å². The number of aryl methyl sites for hydroxylation is 1. The normalized spacial score (nSPS) is 13.2. The number of unbranched alkanes of at least 4 members (excludes halogenated alkanes) is 2. The minimum atomic E-state index is -1.99. The molecule has 1 saturated heterocycles. The number of anilines is 2. The molecule has 0 aliphatic carbocycles. The summed E-state index contributed by atoms with van der Waals surface area (Å²) in [6.07, 6.45) is 2.38. The number of likely N-dealkylation sites (N-methyl/N-ethyl adjacent to an activating group) is 1. The number of carbonyl (C=O) groups is 4. The molecular weight excluding hydrogens is 923 g/mol. The Labute approximate surface area is 426 Å². The van der Waals surface area contributed by atoms with E-state index >= 15 is 4.79 Å². The number of rotatable bonds is 16. The molecule has 72 heavy (non-hydrogen) atoms. The third-order valence-electron chi connectivity index (χ3n) is 12.8. The number of hydrogen-bond acceptors (Lipinski definition) is 9. The molecular formula is C58H70N5O8Si. The molecule has 1 aromatic heterocycles. The summed E-state index contributed by atoms with van der Waals surface area (Å²) in [5.41, 5.74) is 3.09. The van der Waals surface area contributed by atoms with Crippen LogP contribution < -0.4 is 34.5 Å². The van der Waals surface area contributed by atoms with Crippen LogP contribution in [0.3, 0.4) is 0 Å². The van der Waals surface area contributed by atoms with E-state index in [0.717, 1.165) is 66.9 Å². The summed E-state index contributed by atoms with van der Waals surface area (Å²) < 4.78 is 26.8. The minimum Gasteiger partial charge on any atom is -0.532 e. The highest BCUT2D eigenvalue weighted by molar-refractivity contribution is 6.80. The van der Waals surface area contributed by atoms with Crippen LogP contribution in [0.1, 0.15) is 105 Å². The van der Waals surface area contributed by atoms with Crippen LogP contribution in [-0.4, -0.2) is 107 Å². The quantitative estimate of drug-likeness (QED) is 0.0744. The van der Waals surface area contributed by atoms with Crippen molar-refractivity contribution in [1.29, 1.82) is 0 Å². The van der Waals surface area contributed by atoms with Crippen LogP contribution >= 0.6 is 0 Å². The monoisotopic (exact) mass is 992 g/mol. The first-order valence-electron chi connectivity index (χ1n) is 24.8. The molecule has 0 bridgehead atoms. The summed E-state index contributed by atoms with van der Waals surface area (Å²) in [7, 11) is 3.28. The maximum absolute atomic E-state index is 15.3. The Balaban J connectivity index is 1.18. The number of methoxy groups -OCH3 is 1. The Kier molecular flexibility index (Phi) is 16.7. The van der Waals surface area contributed by atoms with Crippen LogP contribution in [0.2, 0.25) is 0 Å². The van der Waals surface area contributed by atoms with Crippen LogP contribution in [0.25, 0.3) is 10.9 Å². The van der Waals surface area contributed by atoms with Gasteiger partial charge < -0.3 is 38.7 Å². The fraction of sp³-hybridized carbons (Fsp3) is 0.379. The first kappa shape index (κ1) is 52.9. The van der Waals surface area contributed by atoms with Gasteiger partial charge in [-0.25, -0.2) is 9.36 Å². The SMILES string of the molecule is COc1cc(C(=O)N(C)c2ccc(C)cc2OCCCCCC(=O)N2CCN(C)CC2)ccc1NC(=O)c1c(O[Si](c2ccccc2)c2ccccc2)ccc2c1c(C(C)(C)C)c(C)n2C(=O)OC(C)(C)C. The third kappa shape index (κ3) is 12.4. The van der Waals surface area contributed by atoms with Gasteiger partial charge in [-0.2, -0.15) is 0 Å². The zero-order chi connectivity index (χ0) is 51.9. The Morgan fingerprint density at radius 3 is 2.00 bits per heavy atom. The number of amides is 3. The van der Waals surface area contributed by atoms with E-state index in [0.29, 0.717) is 58.1 Å². The first-order valence-corrected chi connectivity index (χ1v) is 26.2. The maximum Gasteiger partial charge on any atom is 0.419 e. The van der Waals surface area contributed by atoms with E-state index in [1.165, 1.54) is 7.11 Å². The number of hydrogen-bond donors (Lipinski definition) is 1. The number of benzene rings is 5. The van der Waals surface area contributed by atoms with Crippen LogP contribution in [0.5, 0.6) is 17.2 Å². The molecule has 7 rings (SSSR count). The summed E-state index contributed by atoms with van der Waals surface area (Å²) in [5.74, 6) is 0.588. The second-order valence-corrected chi connectivity index (χ2v) is 22.6. The van der Waals surface area contributed by atoms with Gasteiger partial charge in [-0.1, -0.05) is 87.5 Å². The highest BCUT2D eigenvalue weighted by Gasteiger charge is 2.35. The third-order valence-corrected chi connectivity index (χ3v) is 14.9. The number of nitrogens with zero attached hydrogens (tertiary/aromatic N) is 4. The zero-order valence-electron chi connectivity index (χ0n) is 43.8. The van der Waals surface area contributed by atoms with Crippen molar-refractivity contribution in [3.05, 3.63) is 137 Å². The van der Waals surface area contributed by atoms with Crippen LogP contribution in [0.15, 0.2) is 109 Å². The van der Waals surface area contributed by atoms with E-state index in [4.69, 9.17) is 18.6 Å². The van der Waals surface area contributed by atoms with Crippen molar-refractivity contribution in [3.8, 4) is 17.2 Å². The van der Waals surface area contributed by atoms with Crippen molar-refractivity contribution in [2.24, 2.45) is 0 Å². The molecule has 0 saturated carbocycles. The van der Waals surface area contributed by atoms with E-state index < -0.39 is 32.1 Å². The molecule has 1 aliphatic heterocycles. The van der Waals surface area contributed by atoms with E-state index in [1.807, 2.05) is 124 Å². The molecule has 1 aliphatic rings. The van der Waals surface area contributed by atoms with Crippen LogP contribution in [-0.2, 0) is 14.9 Å². The summed E-state index contributed by atoms with van der Waals surface area (Å²) in [5, 5.41) is 5.64. The lowest BCUT2D eigenvalue weighted by molar-refractivity contribution is -0.132. The van der Waals surface area contributed by atoms with Gasteiger partial charge in [0.15, 0.2) is 0 Å². The average Bonchev–Trinajstić information content (AvgIpc) is 3.66. The predicted molar refractivity (Wildman–Crippen MR) is 288 cm³/mol. The first-order chi connectivity index (χ1) is 34.2. The summed E-state index contributed by atoms with van der Waals surface area (Å²) in [4.78, 5) is 62.2. The van der Waals surface area contributed by atoms with Gasteiger partial charge in [-0.3, -0.25) is 14.4 Å². The van der Waals surface area contributed by atoms with Crippen molar-refractivity contribution >= 4 is 65.5 Å². The van der Waals surface area contributed by atoms with E-state index in [1.54, 1.807) is 40.8 Å². The van der Waals surface area contributed by atoms with Gasteiger partial charge in [-0.05, 0) is 130 Å². The lowest BCUT2D eigenvalue weighted by atomic mass is 9.83. The molecule has 0 spiro atoms. The topological polar surface area (TPSA) is 132 Å². The summed E-state index contributed by atoms with van der Waals surface area (Å²) in [6, 6.07) is 34.2. The highest BCUT2D eigenvalue weighted by atomic mass is 28.3. The van der Waals surface area contributed by atoms with Gasteiger partial charge in [-0.15, -0.1) is 0 Å². The molecule has 6 aromatic rings. The van der Waals surface area contributed by atoms with Gasteiger partial charge in [0.05, 0.1) is 36.2 Å². The van der Waals surface area contributed by atoms with E-state index in [2.05, 4.69) is 38.0 Å². The van der Waals surface area contributed by atoms with E-state index in [9.17, 15) is 14.4 Å². The summed E-state index contributed by atoms with van der Waals surface area (Å²) >= 11 is 0. The van der Waals surface area contributed by atoms with Crippen LogP contribution in [0, 0.1) is 13.8 Å². The molecule has 2 heterocycles. The molecule has 13 nitrogen and oxygen atoms in total. The Bertz CT molecular complexity index is 2860. The molecule has 1 N–H and O–H groups in total. The molecule has 14 heteroatoms. The van der Waals surface area contributed by atoms with Crippen molar-refractivity contribution in [2.75, 3.05) is 64.2 Å². The fourth-order valence-corrected chi connectivity index (χ4v) is 11.2. The second kappa shape index (κ2) is 22.7. The van der Waals surface area contributed by atoms with E-state index in [-0.39, 0.29) is 23.1 Å². The van der Waals surface area contributed by atoms with Crippen molar-refractivity contribution < 1.29 is 37.8 Å². The molecule has 5 aromatic carbocycles. The van der Waals surface area contributed by atoms with Crippen LogP contribution in [0.4, 0.5) is 16.2 Å². The Morgan fingerprint density at radius 2 is 1.39 bits per heavy atom. The van der Waals surface area contributed by atoms with Gasteiger partial charge in [0.25, 0.3) is 11.8 Å². The number of piperazine rings is 1. The fourth-order valence-electron chi connectivity index (χ4n) is 9.21. The molecule has 0 unspecified atom stereocenters. The van der Waals surface area contributed by atoms with Gasteiger partial charge in [0, 0.05) is 56.3 Å². The minimum absolute atomic E-state index is 0.211. The smallest absolute Gasteiger partial charge is 0.419 e. The number of carbonyl (C=O) groups excluding carboxylic acids is 4. The largest absolute Gasteiger partial charge is 0.532 e. The Hall–Kier alpha value is -6.90. The zero-order valence-corrected chi connectivity index (χ0v) is 44.8. The molecule has 379 valence electrons. The lowest BCUT2D eigenvalue weighted by Gasteiger charge is -2.32. The van der Waals surface area contributed by atoms with Crippen molar-refractivity contribution in [2.45, 2.75) is 92.1 Å². The standard InChI is InChI=1S/C58H70N5O8Si/c1-39-26-29-45(49(37-39)69-36-20-14-19-25-50(64)62-34-32-60(9)33-35-62)61(10)55(66)41-27-28-44(48(38-41)68-11)59-54(65)52-47(71-72(42-21-15-12-16-22-42)43-23-17-13-18-24-43)31-30-46-51(52)53(57(3,4)5)40(2)63(46)56(67)70-58(6,7)8/h12-13,15-18,21-24,26-31,37-38H,14,19-20,25,32-36H2,1-11H3,(H,59,65).